The van der Waals surface area contributed by atoms with Crippen LogP contribution in [0.3, 0.4) is 0 Å². The summed E-state index contributed by atoms with van der Waals surface area (Å²) in [6.07, 6.45) is 3.25. The van der Waals surface area contributed by atoms with Crippen LogP contribution in [0.5, 0.6) is 5.75 Å². The second-order valence-electron chi connectivity index (χ2n) is 3.97. The number of carbonyl (C=O) groups excluding carboxylic acids is 1. The first kappa shape index (κ1) is 14.3. The van der Waals surface area contributed by atoms with Gasteiger partial charge in [-0.1, -0.05) is 12.1 Å². The van der Waals surface area contributed by atoms with Crippen LogP contribution in [0.1, 0.15) is 12.5 Å². The highest BCUT2D eigenvalue weighted by Gasteiger charge is 2.03. The number of benzene rings is 1. The van der Waals surface area contributed by atoms with Crippen LogP contribution in [-0.4, -0.2) is 32.8 Å². The van der Waals surface area contributed by atoms with E-state index >= 15 is 0 Å². The van der Waals surface area contributed by atoms with Gasteiger partial charge in [0.15, 0.2) is 0 Å². The fraction of sp³-hybridized carbons (Fsp3) is 0.357. The molecule has 1 atom stereocenters. The van der Waals surface area contributed by atoms with Crippen molar-refractivity contribution < 1.29 is 14.3 Å². The van der Waals surface area contributed by atoms with Crippen molar-refractivity contribution >= 4 is 12.0 Å². The monoisotopic (exact) mass is 249 g/mol. The number of methoxy groups -OCH3 is 2. The van der Waals surface area contributed by atoms with Crippen LogP contribution >= 0.6 is 0 Å². The third-order valence-corrected chi connectivity index (χ3v) is 2.33. The minimum absolute atomic E-state index is 0.00235. The van der Waals surface area contributed by atoms with E-state index in [1.165, 1.54) is 6.08 Å². The SMILES string of the molecule is COCC(C)NC(=O)C=Cc1cccc(OC)c1. The average molecular weight is 249 g/mol. The predicted molar refractivity (Wildman–Crippen MR) is 71.5 cm³/mol. The minimum atomic E-state index is -0.137. The quantitative estimate of drug-likeness (QED) is 0.783. The number of ether oxygens (including phenoxy) is 2. The van der Waals surface area contributed by atoms with Crippen LogP contribution in [0.15, 0.2) is 30.3 Å². The van der Waals surface area contributed by atoms with Gasteiger partial charge in [-0.05, 0) is 30.7 Å². The molecule has 0 bridgehead atoms. The molecule has 1 unspecified atom stereocenters. The van der Waals surface area contributed by atoms with Crippen molar-refractivity contribution in [1.82, 2.24) is 5.32 Å². The smallest absolute Gasteiger partial charge is 0.244 e. The van der Waals surface area contributed by atoms with E-state index in [9.17, 15) is 4.79 Å². The molecule has 0 saturated heterocycles. The Morgan fingerprint density at radius 1 is 1.44 bits per heavy atom. The van der Waals surface area contributed by atoms with Crippen molar-refractivity contribution in [1.29, 1.82) is 0 Å². The Morgan fingerprint density at radius 3 is 2.89 bits per heavy atom. The molecule has 0 saturated carbocycles. The first-order valence-electron chi connectivity index (χ1n) is 5.77. The normalized spacial score (nSPS) is 12.4. The fourth-order valence-electron chi connectivity index (χ4n) is 1.50. The average Bonchev–Trinajstić information content (AvgIpc) is 2.37. The zero-order valence-corrected chi connectivity index (χ0v) is 11.0. The lowest BCUT2D eigenvalue weighted by molar-refractivity contribution is -0.117. The van der Waals surface area contributed by atoms with E-state index < -0.39 is 0 Å². The largest absolute Gasteiger partial charge is 0.497 e. The van der Waals surface area contributed by atoms with Gasteiger partial charge < -0.3 is 14.8 Å². The van der Waals surface area contributed by atoms with Gasteiger partial charge in [-0.2, -0.15) is 0 Å². The molecule has 0 fully saturated rings. The molecule has 0 aliphatic rings. The maximum atomic E-state index is 11.6. The molecular formula is C14H19NO3. The third kappa shape index (κ3) is 5.01. The van der Waals surface area contributed by atoms with Crippen molar-refractivity contribution in [3.8, 4) is 5.75 Å². The Morgan fingerprint density at radius 2 is 2.22 bits per heavy atom. The van der Waals surface area contributed by atoms with E-state index in [-0.39, 0.29) is 11.9 Å². The summed E-state index contributed by atoms with van der Waals surface area (Å²) in [6.45, 7) is 2.39. The van der Waals surface area contributed by atoms with Crippen molar-refractivity contribution in [2.24, 2.45) is 0 Å². The molecule has 98 valence electrons. The molecule has 4 nitrogen and oxygen atoms in total. The highest BCUT2D eigenvalue weighted by molar-refractivity contribution is 5.91. The second kappa shape index (κ2) is 7.50. The van der Waals surface area contributed by atoms with E-state index in [1.807, 2.05) is 31.2 Å². The molecule has 0 heterocycles. The number of rotatable bonds is 6. The van der Waals surface area contributed by atoms with Crippen molar-refractivity contribution in [2.45, 2.75) is 13.0 Å². The first-order valence-corrected chi connectivity index (χ1v) is 5.77. The van der Waals surface area contributed by atoms with E-state index in [0.717, 1.165) is 11.3 Å². The molecule has 18 heavy (non-hydrogen) atoms. The maximum absolute atomic E-state index is 11.6. The van der Waals surface area contributed by atoms with Crippen molar-refractivity contribution in [3.63, 3.8) is 0 Å². The standard InChI is InChI=1S/C14H19NO3/c1-11(10-17-2)15-14(16)8-7-12-5-4-6-13(9-12)18-3/h4-9,11H,10H2,1-3H3,(H,15,16). The summed E-state index contributed by atoms with van der Waals surface area (Å²) in [6, 6.07) is 7.51. The molecule has 0 aromatic heterocycles. The molecule has 1 amide bonds. The van der Waals surface area contributed by atoms with Crippen LogP contribution in [0, 0.1) is 0 Å². The highest BCUT2D eigenvalue weighted by Crippen LogP contribution is 2.13. The summed E-state index contributed by atoms with van der Waals surface area (Å²) in [5.74, 6) is 0.632. The van der Waals surface area contributed by atoms with Gasteiger partial charge in [0.1, 0.15) is 5.75 Å². The number of carbonyl (C=O) groups is 1. The van der Waals surface area contributed by atoms with Crippen LogP contribution in [0.2, 0.25) is 0 Å². The molecule has 0 spiro atoms. The Labute approximate surface area is 108 Å². The Hall–Kier alpha value is -1.81. The minimum Gasteiger partial charge on any atom is -0.497 e. The molecular weight excluding hydrogens is 230 g/mol. The number of nitrogens with one attached hydrogen (secondary N) is 1. The third-order valence-electron chi connectivity index (χ3n) is 2.33. The first-order chi connectivity index (χ1) is 8.65. The predicted octanol–water partition coefficient (Wildman–Crippen LogP) is 1.86. The van der Waals surface area contributed by atoms with Crippen molar-refractivity contribution in [3.05, 3.63) is 35.9 Å². The van der Waals surface area contributed by atoms with Crippen molar-refractivity contribution in [2.75, 3.05) is 20.8 Å². The van der Waals surface area contributed by atoms with Crippen LogP contribution in [0.25, 0.3) is 6.08 Å². The Kier molecular flexibility index (Phi) is 5.94. The van der Waals surface area contributed by atoms with Gasteiger partial charge in [-0.25, -0.2) is 0 Å². The van der Waals surface area contributed by atoms with E-state index in [1.54, 1.807) is 20.3 Å². The molecule has 1 aromatic rings. The summed E-state index contributed by atoms with van der Waals surface area (Å²) in [5.41, 5.74) is 0.920. The lowest BCUT2D eigenvalue weighted by Gasteiger charge is -2.10. The zero-order valence-electron chi connectivity index (χ0n) is 11.0. The fourth-order valence-corrected chi connectivity index (χ4v) is 1.50. The topological polar surface area (TPSA) is 47.6 Å². The Bertz CT molecular complexity index is 415. The lowest BCUT2D eigenvalue weighted by Crippen LogP contribution is -2.34. The number of hydrogen-bond donors (Lipinski definition) is 1. The molecule has 1 rings (SSSR count). The molecule has 1 aromatic carbocycles. The van der Waals surface area contributed by atoms with Crippen LogP contribution in [-0.2, 0) is 9.53 Å². The van der Waals surface area contributed by atoms with Gasteiger partial charge in [0.25, 0.3) is 0 Å². The summed E-state index contributed by atoms with van der Waals surface area (Å²) in [5, 5.41) is 2.80. The van der Waals surface area contributed by atoms with Gasteiger partial charge in [0.05, 0.1) is 13.7 Å². The van der Waals surface area contributed by atoms with E-state index in [4.69, 9.17) is 9.47 Å². The maximum Gasteiger partial charge on any atom is 0.244 e. The second-order valence-corrected chi connectivity index (χ2v) is 3.97. The summed E-state index contributed by atoms with van der Waals surface area (Å²) in [4.78, 5) is 11.6. The number of hydrogen-bond acceptors (Lipinski definition) is 3. The zero-order chi connectivity index (χ0) is 13.4. The summed E-state index contributed by atoms with van der Waals surface area (Å²) < 4.78 is 10.0. The lowest BCUT2D eigenvalue weighted by atomic mass is 10.2. The molecule has 0 radical (unpaired) electrons. The Balaban J connectivity index is 2.54. The van der Waals surface area contributed by atoms with Crippen LogP contribution < -0.4 is 10.1 Å². The van der Waals surface area contributed by atoms with Gasteiger partial charge in [-0.15, -0.1) is 0 Å². The van der Waals surface area contributed by atoms with Gasteiger partial charge in [-0.3, -0.25) is 4.79 Å². The molecule has 0 aliphatic heterocycles. The van der Waals surface area contributed by atoms with Crippen LogP contribution in [0.4, 0.5) is 0 Å². The summed E-state index contributed by atoms with van der Waals surface area (Å²) >= 11 is 0. The molecule has 4 heteroatoms. The highest BCUT2D eigenvalue weighted by atomic mass is 16.5. The van der Waals surface area contributed by atoms with Gasteiger partial charge in [0.2, 0.25) is 5.91 Å². The van der Waals surface area contributed by atoms with Gasteiger partial charge >= 0.3 is 0 Å². The number of amides is 1. The summed E-state index contributed by atoms with van der Waals surface area (Å²) in [7, 11) is 3.22. The van der Waals surface area contributed by atoms with E-state index in [2.05, 4.69) is 5.32 Å². The van der Waals surface area contributed by atoms with E-state index in [0.29, 0.717) is 6.61 Å². The van der Waals surface area contributed by atoms with Gasteiger partial charge in [0, 0.05) is 19.2 Å². The molecule has 1 N–H and O–H groups in total. The molecule has 0 aliphatic carbocycles.